The minimum atomic E-state index is -4.18. The smallest absolute Gasteiger partial charge is 0.416 e. The molecule has 1 heterocycles. The van der Waals surface area contributed by atoms with E-state index in [2.05, 4.69) is 10.6 Å². The molecule has 1 aromatic heterocycles. The standard InChI is InChI=1S/C35H40N3O7P/c1-25(20-28-22-38(34(41)42)30-17-9-8-16-29(28)30)36-32(39)35(18-10-11-19-35)24-46(43,44)31(21-26-12-4-2-5-13-26)37-33(40)45-23-27-14-6-3-7-15-27/h2-9,12-17,22,25,31H,10-11,18-21,23-24H2,1H3,(H,36,39)(H,37,40)(H,41,42)(H,43,44)/t25-,31-/m1/s1. The molecule has 0 bridgehead atoms. The maximum atomic E-state index is 14.2. The summed E-state index contributed by atoms with van der Waals surface area (Å²) in [5, 5.41) is 16.1. The van der Waals surface area contributed by atoms with Gasteiger partial charge in [-0.3, -0.25) is 13.9 Å². The molecule has 0 aliphatic heterocycles. The van der Waals surface area contributed by atoms with E-state index >= 15 is 0 Å². The second-order valence-corrected chi connectivity index (χ2v) is 14.7. The molecular weight excluding hydrogens is 605 g/mol. The maximum Gasteiger partial charge on any atom is 0.416 e. The number of hydrogen-bond donors (Lipinski definition) is 4. The number of carbonyl (C=O) groups is 3. The number of rotatable bonds is 12. The Kier molecular flexibility index (Phi) is 10.3. The molecule has 5 rings (SSSR count). The molecule has 4 aromatic rings. The molecule has 11 heteroatoms. The van der Waals surface area contributed by atoms with Crippen molar-refractivity contribution < 1.29 is 33.7 Å². The molecule has 3 aromatic carbocycles. The van der Waals surface area contributed by atoms with Crippen LogP contribution in [0.25, 0.3) is 10.9 Å². The van der Waals surface area contributed by atoms with E-state index in [1.807, 2.05) is 79.7 Å². The molecule has 0 radical (unpaired) electrons. The Labute approximate surface area is 268 Å². The predicted octanol–water partition coefficient (Wildman–Crippen LogP) is 6.54. The predicted molar refractivity (Wildman–Crippen MR) is 176 cm³/mol. The van der Waals surface area contributed by atoms with Crippen molar-refractivity contribution in [3.8, 4) is 0 Å². The normalized spacial score (nSPS) is 16.7. The molecule has 10 nitrogen and oxygen atoms in total. The zero-order valence-corrected chi connectivity index (χ0v) is 26.7. The molecule has 0 spiro atoms. The zero-order valence-electron chi connectivity index (χ0n) is 25.8. The largest absolute Gasteiger partial charge is 0.464 e. The van der Waals surface area contributed by atoms with Gasteiger partial charge in [0.1, 0.15) is 12.4 Å². The van der Waals surface area contributed by atoms with Gasteiger partial charge in [-0.25, -0.2) is 9.59 Å². The molecular formula is C35H40N3O7P. The first-order chi connectivity index (χ1) is 22.1. The number of carboxylic acid groups (broad SMARTS) is 1. The average Bonchev–Trinajstić information content (AvgIpc) is 3.66. The lowest BCUT2D eigenvalue weighted by Crippen LogP contribution is -2.47. The van der Waals surface area contributed by atoms with Crippen molar-refractivity contribution in [3.05, 3.63) is 108 Å². The number of carbonyl (C=O) groups excluding carboxylic acids is 2. The highest BCUT2D eigenvalue weighted by Crippen LogP contribution is 2.55. The van der Waals surface area contributed by atoms with Crippen molar-refractivity contribution in [1.82, 2.24) is 15.2 Å². The number of aromatic nitrogens is 1. The summed E-state index contributed by atoms with van der Waals surface area (Å²) in [6, 6.07) is 25.1. The second kappa shape index (κ2) is 14.4. The van der Waals surface area contributed by atoms with Gasteiger partial charge in [0.05, 0.1) is 10.9 Å². The molecule has 1 fully saturated rings. The van der Waals surface area contributed by atoms with Gasteiger partial charge in [0.2, 0.25) is 13.3 Å². The summed E-state index contributed by atoms with van der Waals surface area (Å²) < 4.78 is 20.8. The van der Waals surface area contributed by atoms with Crippen molar-refractivity contribution >= 4 is 36.4 Å². The molecule has 1 aliphatic carbocycles. The number of amides is 2. The van der Waals surface area contributed by atoms with Crippen LogP contribution < -0.4 is 10.6 Å². The van der Waals surface area contributed by atoms with Gasteiger partial charge in [0, 0.05) is 30.2 Å². The number of nitrogens with one attached hydrogen (secondary N) is 2. The Morgan fingerprint density at radius 3 is 2.15 bits per heavy atom. The number of para-hydroxylation sites is 1. The fraction of sp³-hybridized carbons (Fsp3) is 0.343. The molecule has 3 atom stereocenters. The first-order valence-electron chi connectivity index (χ1n) is 15.5. The third-order valence-corrected chi connectivity index (χ3v) is 11.1. The van der Waals surface area contributed by atoms with Crippen molar-refractivity contribution in [2.24, 2.45) is 5.41 Å². The van der Waals surface area contributed by atoms with Crippen LogP contribution in [0.5, 0.6) is 0 Å². The Balaban J connectivity index is 1.31. The monoisotopic (exact) mass is 645 g/mol. The van der Waals surface area contributed by atoms with Crippen LogP contribution in [0.3, 0.4) is 0 Å². The lowest BCUT2D eigenvalue weighted by atomic mass is 9.87. The molecule has 1 unspecified atom stereocenters. The van der Waals surface area contributed by atoms with E-state index in [4.69, 9.17) is 4.74 Å². The Bertz CT molecular complexity index is 1720. The van der Waals surface area contributed by atoms with Crippen LogP contribution in [0.4, 0.5) is 9.59 Å². The highest BCUT2D eigenvalue weighted by atomic mass is 31.2. The molecule has 242 valence electrons. The summed E-state index contributed by atoms with van der Waals surface area (Å²) in [5.41, 5.74) is 1.81. The van der Waals surface area contributed by atoms with Crippen LogP contribution >= 0.6 is 7.37 Å². The van der Waals surface area contributed by atoms with Gasteiger partial charge in [-0.05, 0) is 48.9 Å². The Morgan fingerprint density at radius 2 is 1.50 bits per heavy atom. The number of hydrogen-bond acceptors (Lipinski definition) is 5. The number of ether oxygens (including phenoxy) is 1. The van der Waals surface area contributed by atoms with Gasteiger partial charge in [0.15, 0.2) is 0 Å². The van der Waals surface area contributed by atoms with Crippen molar-refractivity contribution in [2.45, 2.75) is 63.9 Å². The van der Waals surface area contributed by atoms with E-state index in [0.717, 1.165) is 34.9 Å². The summed E-state index contributed by atoms with van der Waals surface area (Å²) in [5.74, 6) is -1.47. The number of nitrogens with zero attached hydrogens (tertiary/aromatic N) is 1. The Hall–Kier alpha value is -4.40. The fourth-order valence-corrected chi connectivity index (χ4v) is 8.76. The van der Waals surface area contributed by atoms with Gasteiger partial charge >= 0.3 is 12.2 Å². The van der Waals surface area contributed by atoms with Gasteiger partial charge in [0.25, 0.3) is 0 Å². The Morgan fingerprint density at radius 1 is 0.891 bits per heavy atom. The van der Waals surface area contributed by atoms with Crippen LogP contribution in [-0.2, 0) is 33.5 Å². The van der Waals surface area contributed by atoms with E-state index < -0.39 is 30.8 Å². The van der Waals surface area contributed by atoms with E-state index in [1.165, 1.54) is 4.57 Å². The first-order valence-corrected chi connectivity index (χ1v) is 17.4. The van der Waals surface area contributed by atoms with Gasteiger partial charge < -0.3 is 25.4 Å². The summed E-state index contributed by atoms with van der Waals surface area (Å²) in [6.07, 6.45) is 2.24. The third-order valence-electron chi connectivity index (χ3n) is 8.73. The van der Waals surface area contributed by atoms with Crippen LogP contribution in [0.2, 0.25) is 0 Å². The van der Waals surface area contributed by atoms with Crippen molar-refractivity contribution in [1.29, 1.82) is 0 Å². The maximum absolute atomic E-state index is 14.2. The van der Waals surface area contributed by atoms with E-state index in [-0.39, 0.29) is 31.1 Å². The lowest BCUT2D eigenvalue weighted by molar-refractivity contribution is -0.130. The minimum absolute atomic E-state index is 0.00975. The topological polar surface area (TPSA) is 147 Å². The highest BCUT2D eigenvalue weighted by Gasteiger charge is 2.48. The molecule has 46 heavy (non-hydrogen) atoms. The van der Waals surface area contributed by atoms with E-state index in [9.17, 15) is 28.9 Å². The van der Waals surface area contributed by atoms with Crippen molar-refractivity contribution in [3.63, 3.8) is 0 Å². The third kappa shape index (κ3) is 7.87. The van der Waals surface area contributed by atoms with Crippen LogP contribution in [-0.4, -0.2) is 50.6 Å². The summed E-state index contributed by atoms with van der Waals surface area (Å²) >= 11 is 0. The lowest BCUT2D eigenvalue weighted by Gasteiger charge is -2.34. The number of benzene rings is 3. The molecule has 1 aliphatic rings. The minimum Gasteiger partial charge on any atom is -0.464 e. The van der Waals surface area contributed by atoms with Crippen LogP contribution in [0.15, 0.2) is 91.1 Å². The van der Waals surface area contributed by atoms with Gasteiger partial charge in [-0.15, -0.1) is 0 Å². The van der Waals surface area contributed by atoms with Gasteiger partial charge in [-0.1, -0.05) is 91.7 Å². The van der Waals surface area contributed by atoms with E-state index in [0.29, 0.717) is 24.8 Å². The summed E-state index contributed by atoms with van der Waals surface area (Å²) in [4.78, 5) is 50.2. The fourth-order valence-electron chi connectivity index (χ4n) is 6.41. The van der Waals surface area contributed by atoms with Crippen molar-refractivity contribution in [2.75, 3.05) is 6.16 Å². The molecule has 2 amide bonds. The summed E-state index contributed by atoms with van der Waals surface area (Å²) in [6.45, 7) is 1.85. The zero-order chi connectivity index (χ0) is 32.7. The van der Waals surface area contributed by atoms with E-state index in [1.54, 1.807) is 18.3 Å². The number of fused-ring (bicyclic) bond motifs is 1. The molecule has 4 N–H and O–H groups in total. The quantitative estimate of drug-likeness (QED) is 0.128. The van der Waals surface area contributed by atoms with Crippen LogP contribution in [0.1, 0.15) is 49.3 Å². The summed E-state index contributed by atoms with van der Waals surface area (Å²) in [7, 11) is -4.18. The average molecular weight is 646 g/mol. The SMILES string of the molecule is C[C@H](Cc1cn(C(=O)O)c2ccccc12)NC(=O)C1(CP(=O)(O)[C@H](Cc2ccccc2)NC(=O)OCc2ccccc2)CCCC1. The number of alkyl carbamates (subject to hydrolysis) is 1. The first kappa shape index (κ1) is 33.0. The van der Waals surface area contributed by atoms with Gasteiger partial charge in [-0.2, -0.15) is 0 Å². The second-order valence-electron chi connectivity index (χ2n) is 12.2. The molecule has 1 saturated carbocycles. The van der Waals surface area contributed by atoms with Crippen LogP contribution in [0, 0.1) is 5.41 Å². The highest BCUT2D eigenvalue weighted by molar-refractivity contribution is 7.58. The molecule has 0 saturated heterocycles.